The molecule has 0 radical (unpaired) electrons. The lowest BCUT2D eigenvalue weighted by atomic mass is 10.0. The SMILES string of the molecule is Cc1oc2cc(O[C@@H](C)C(=O)N[C@H]3CCS(=O)(=O)C3)ccc2c(=O)c1-c1ccccc1. The van der Waals surface area contributed by atoms with E-state index in [4.69, 9.17) is 9.15 Å². The molecule has 1 saturated heterocycles. The van der Waals surface area contributed by atoms with Crippen molar-refractivity contribution >= 4 is 26.7 Å². The summed E-state index contributed by atoms with van der Waals surface area (Å²) in [6.07, 6.45) is -0.428. The Balaban J connectivity index is 1.54. The van der Waals surface area contributed by atoms with Gasteiger partial charge in [-0.2, -0.15) is 0 Å². The maximum absolute atomic E-state index is 13.0. The Morgan fingerprint density at radius 1 is 1.19 bits per heavy atom. The summed E-state index contributed by atoms with van der Waals surface area (Å²) in [5.74, 6) is 0.522. The Morgan fingerprint density at radius 2 is 1.94 bits per heavy atom. The van der Waals surface area contributed by atoms with Crippen LogP contribution in [0.15, 0.2) is 57.7 Å². The molecule has 1 N–H and O–H groups in total. The fraction of sp³-hybridized carbons (Fsp3) is 0.304. The number of hydrogen-bond acceptors (Lipinski definition) is 6. The number of benzene rings is 2. The third kappa shape index (κ3) is 4.49. The predicted octanol–water partition coefficient (Wildman–Crippen LogP) is 2.84. The molecule has 2 atom stereocenters. The van der Waals surface area contributed by atoms with Gasteiger partial charge in [-0.15, -0.1) is 0 Å². The molecule has 1 aliphatic heterocycles. The highest BCUT2D eigenvalue weighted by Crippen LogP contribution is 2.26. The van der Waals surface area contributed by atoms with Crippen LogP contribution in [0.2, 0.25) is 0 Å². The largest absolute Gasteiger partial charge is 0.481 e. The lowest BCUT2D eigenvalue weighted by Gasteiger charge is -2.17. The van der Waals surface area contributed by atoms with E-state index < -0.39 is 22.0 Å². The zero-order valence-electron chi connectivity index (χ0n) is 17.3. The molecule has 162 valence electrons. The Hall–Kier alpha value is -3.13. The number of rotatable bonds is 5. The quantitative estimate of drug-likeness (QED) is 0.653. The first kappa shape index (κ1) is 21.1. The summed E-state index contributed by atoms with van der Waals surface area (Å²) < 4.78 is 34.7. The Morgan fingerprint density at radius 3 is 2.61 bits per heavy atom. The molecule has 7 nitrogen and oxygen atoms in total. The van der Waals surface area contributed by atoms with Crippen LogP contribution in [-0.4, -0.2) is 38.0 Å². The van der Waals surface area contributed by atoms with Gasteiger partial charge in [0.05, 0.1) is 22.5 Å². The number of fused-ring (bicyclic) bond motifs is 1. The molecule has 1 aliphatic rings. The summed E-state index contributed by atoms with van der Waals surface area (Å²) in [5, 5.41) is 3.14. The first-order valence-electron chi connectivity index (χ1n) is 10.0. The van der Waals surface area contributed by atoms with Crippen molar-refractivity contribution < 1.29 is 22.4 Å². The van der Waals surface area contributed by atoms with Gasteiger partial charge < -0.3 is 14.5 Å². The highest BCUT2D eigenvalue weighted by atomic mass is 32.2. The highest BCUT2D eigenvalue weighted by Gasteiger charge is 2.30. The van der Waals surface area contributed by atoms with E-state index in [1.54, 1.807) is 32.0 Å². The Bertz CT molecular complexity index is 1300. The third-order valence-electron chi connectivity index (χ3n) is 5.36. The van der Waals surface area contributed by atoms with Crippen molar-refractivity contribution in [2.45, 2.75) is 32.4 Å². The van der Waals surface area contributed by atoms with Gasteiger partial charge in [-0.3, -0.25) is 9.59 Å². The molecule has 1 fully saturated rings. The molecule has 1 aromatic heterocycles. The van der Waals surface area contributed by atoms with Gasteiger partial charge in [0.15, 0.2) is 15.9 Å². The molecule has 8 heteroatoms. The molecular weight excluding hydrogens is 418 g/mol. The lowest BCUT2D eigenvalue weighted by Crippen LogP contribution is -2.43. The van der Waals surface area contributed by atoms with Crippen LogP contribution in [0.25, 0.3) is 22.1 Å². The molecule has 4 rings (SSSR count). The molecule has 0 aliphatic carbocycles. The molecular formula is C23H23NO6S. The average Bonchev–Trinajstić information content (AvgIpc) is 3.06. The van der Waals surface area contributed by atoms with Gasteiger partial charge in [-0.1, -0.05) is 30.3 Å². The lowest BCUT2D eigenvalue weighted by molar-refractivity contribution is -0.127. The summed E-state index contributed by atoms with van der Waals surface area (Å²) in [4.78, 5) is 25.4. The summed E-state index contributed by atoms with van der Waals surface area (Å²) in [7, 11) is -3.08. The van der Waals surface area contributed by atoms with E-state index >= 15 is 0 Å². The summed E-state index contributed by atoms with van der Waals surface area (Å²) >= 11 is 0. The number of hydrogen-bond donors (Lipinski definition) is 1. The molecule has 0 spiro atoms. The fourth-order valence-electron chi connectivity index (χ4n) is 3.78. The Labute approximate surface area is 180 Å². The zero-order valence-corrected chi connectivity index (χ0v) is 18.1. The van der Waals surface area contributed by atoms with Crippen molar-refractivity contribution in [3.8, 4) is 16.9 Å². The van der Waals surface area contributed by atoms with E-state index in [1.807, 2.05) is 30.3 Å². The molecule has 1 amide bonds. The van der Waals surface area contributed by atoms with Crippen LogP contribution in [0, 0.1) is 6.92 Å². The fourth-order valence-corrected chi connectivity index (χ4v) is 5.46. The van der Waals surface area contributed by atoms with E-state index in [9.17, 15) is 18.0 Å². The molecule has 2 heterocycles. The van der Waals surface area contributed by atoms with Crippen molar-refractivity contribution in [3.05, 3.63) is 64.5 Å². The average molecular weight is 442 g/mol. The third-order valence-corrected chi connectivity index (χ3v) is 7.13. The van der Waals surface area contributed by atoms with Crippen LogP contribution in [0.4, 0.5) is 0 Å². The zero-order chi connectivity index (χ0) is 22.2. The van der Waals surface area contributed by atoms with Gasteiger partial charge in [0.25, 0.3) is 5.91 Å². The number of carbonyl (C=O) groups is 1. The maximum atomic E-state index is 13.0. The van der Waals surface area contributed by atoms with E-state index in [0.717, 1.165) is 5.56 Å². The molecule has 31 heavy (non-hydrogen) atoms. The monoisotopic (exact) mass is 441 g/mol. The number of sulfone groups is 1. The minimum Gasteiger partial charge on any atom is -0.481 e. The highest BCUT2D eigenvalue weighted by molar-refractivity contribution is 7.91. The molecule has 0 saturated carbocycles. The number of nitrogens with one attached hydrogen (secondary N) is 1. The topological polar surface area (TPSA) is 103 Å². The van der Waals surface area contributed by atoms with Gasteiger partial charge in [0.2, 0.25) is 5.43 Å². The smallest absolute Gasteiger partial charge is 0.261 e. The van der Waals surface area contributed by atoms with Gasteiger partial charge in [-0.05, 0) is 38.0 Å². The first-order valence-corrected chi connectivity index (χ1v) is 11.9. The second kappa shape index (κ2) is 8.19. The van der Waals surface area contributed by atoms with Crippen molar-refractivity contribution in [1.82, 2.24) is 5.32 Å². The van der Waals surface area contributed by atoms with E-state index in [1.165, 1.54) is 0 Å². The van der Waals surface area contributed by atoms with Crippen LogP contribution < -0.4 is 15.5 Å². The normalized spacial score (nSPS) is 18.6. The minimum absolute atomic E-state index is 0.0460. The van der Waals surface area contributed by atoms with Crippen LogP contribution in [0.5, 0.6) is 5.75 Å². The van der Waals surface area contributed by atoms with Crippen LogP contribution in [-0.2, 0) is 14.6 Å². The van der Waals surface area contributed by atoms with Crippen molar-refractivity contribution in [1.29, 1.82) is 0 Å². The van der Waals surface area contributed by atoms with Gasteiger partial charge in [0.1, 0.15) is 17.1 Å². The molecule has 0 bridgehead atoms. The van der Waals surface area contributed by atoms with Crippen LogP contribution >= 0.6 is 0 Å². The number of carbonyl (C=O) groups excluding carboxylic acids is 1. The molecule has 2 aromatic carbocycles. The second-order valence-electron chi connectivity index (χ2n) is 7.75. The molecule has 3 aromatic rings. The van der Waals surface area contributed by atoms with Gasteiger partial charge in [-0.25, -0.2) is 8.42 Å². The number of ether oxygens (including phenoxy) is 1. The number of aryl methyl sites for hydroxylation is 1. The van der Waals surface area contributed by atoms with Gasteiger partial charge >= 0.3 is 0 Å². The summed E-state index contributed by atoms with van der Waals surface area (Å²) in [6, 6.07) is 13.8. The van der Waals surface area contributed by atoms with E-state index in [2.05, 4.69) is 5.32 Å². The second-order valence-corrected chi connectivity index (χ2v) is 9.98. The minimum atomic E-state index is -3.08. The predicted molar refractivity (Wildman–Crippen MR) is 118 cm³/mol. The van der Waals surface area contributed by atoms with Crippen molar-refractivity contribution in [2.75, 3.05) is 11.5 Å². The summed E-state index contributed by atoms with van der Waals surface area (Å²) in [6.45, 7) is 3.32. The van der Waals surface area contributed by atoms with Crippen molar-refractivity contribution in [2.24, 2.45) is 0 Å². The molecule has 0 unspecified atom stereocenters. The maximum Gasteiger partial charge on any atom is 0.261 e. The van der Waals surface area contributed by atoms with E-state index in [0.29, 0.717) is 34.5 Å². The van der Waals surface area contributed by atoms with Crippen LogP contribution in [0.1, 0.15) is 19.1 Å². The van der Waals surface area contributed by atoms with Crippen LogP contribution in [0.3, 0.4) is 0 Å². The Kier molecular flexibility index (Phi) is 5.58. The standard InChI is InChI=1S/C23H23NO6S/c1-14-21(16-6-4-3-5-7-16)22(25)19-9-8-18(12-20(19)30-14)29-15(2)23(26)24-17-10-11-31(27,28)13-17/h3-9,12,15,17H,10-11,13H2,1-2H3,(H,24,26)/t15-,17-/m0/s1. The summed E-state index contributed by atoms with van der Waals surface area (Å²) in [5.41, 5.74) is 1.54. The van der Waals surface area contributed by atoms with Crippen molar-refractivity contribution in [3.63, 3.8) is 0 Å². The van der Waals surface area contributed by atoms with E-state index in [-0.39, 0.29) is 22.8 Å². The van der Waals surface area contributed by atoms with Gasteiger partial charge in [0, 0.05) is 12.1 Å². The first-order chi connectivity index (χ1) is 14.7. The number of amides is 1.